The molecule has 2 rings (SSSR count). The molecular weight excluding hydrogens is 181 g/mol. The van der Waals surface area contributed by atoms with E-state index in [0.29, 0.717) is 5.82 Å². The Labute approximate surface area is 94.3 Å². The first kappa shape index (κ1) is 11.0. The molecule has 2 heterocycles. The molecule has 1 nitrogen and oxygen atoms in total. The summed E-state index contributed by atoms with van der Waals surface area (Å²) in [7, 11) is 2.43. The summed E-state index contributed by atoms with van der Waals surface area (Å²) >= 11 is 0. The summed E-state index contributed by atoms with van der Waals surface area (Å²) in [6, 6.07) is 0. The van der Waals surface area contributed by atoms with Crippen LogP contribution in [0.5, 0.6) is 0 Å². The van der Waals surface area contributed by atoms with Crippen LogP contribution in [0.2, 0.25) is 12.1 Å². The van der Waals surface area contributed by atoms with Gasteiger partial charge >= 0.3 is 0 Å². The first-order chi connectivity index (χ1) is 6.92. The van der Waals surface area contributed by atoms with Gasteiger partial charge in [-0.2, -0.15) is 0 Å². The average Bonchev–Trinajstić information content (AvgIpc) is 2.62. The molecule has 0 aromatic rings. The first-order valence-electron chi connectivity index (χ1n) is 6.04. The van der Waals surface area contributed by atoms with Crippen LogP contribution >= 0.6 is 0 Å². The molecule has 0 amide bonds. The minimum Gasteiger partial charge on any atom is -0.266 e. The predicted molar refractivity (Wildman–Crippen MR) is 67.7 cm³/mol. The normalized spacial score (nSPS) is 32.3. The third-order valence-corrected chi connectivity index (χ3v) is 4.26. The highest BCUT2D eigenvalue weighted by atomic mass is 14.8. The number of aliphatic imine (C=N–C) groups is 1. The van der Waals surface area contributed by atoms with Gasteiger partial charge in [-0.15, -0.1) is 0 Å². The number of allylic oxidation sites excluding steroid dienone is 2. The average molecular weight is 202 g/mol. The fourth-order valence-electron chi connectivity index (χ4n) is 2.24. The van der Waals surface area contributed by atoms with Gasteiger partial charge in [0, 0.05) is 17.3 Å². The van der Waals surface area contributed by atoms with Gasteiger partial charge in [0.2, 0.25) is 0 Å². The third kappa shape index (κ3) is 1.91. The Kier molecular flexibility index (Phi) is 2.56. The summed E-state index contributed by atoms with van der Waals surface area (Å²) in [5.74, 6) is 0.622. The molecule has 15 heavy (non-hydrogen) atoms. The molecule has 2 aliphatic heterocycles. The third-order valence-electron chi connectivity index (χ3n) is 4.26. The Bertz CT molecular complexity index is 306. The quantitative estimate of drug-likeness (QED) is 0.574. The predicted octanol–water partition coefficient (Wildman–Crippen LogP) is 3.71. The summed E-state index contributed by atoms with van der Waals surface area (Å²) in [5, 5.41) is 0. The van der Waals surface area contributed by atoms with Gasteiger partial charge in [-0.3, -0.25) is 4.99 Å². The highest BCUT2D eigenvalue weighted by Gasteiger charge is 2.37. The minimum absolute atomic E-state index is 0.176. The van der Waals surface area contributed by atoms with E-state index in [-0.39, 0.29) is 10.8 Å². The van der Waals surface area contributed by atoms with Gasteiger partial charge in [0.05, 0.1) is 0 Å². The lowest BCUT2D eigenvalue weighted by Gasteiger charge is -2.40. The second-order valence-corrected chi connectivity index (χ2v) is 6.04. The van der Waals surface area contributed by atoms with E-state index >= 15 is 0 Å². The highest BCUT2D eigenvalue weighted by Crippen LogP contribution is 2.45. The van der Waals surface area contributed by atoms with Crippen molar-refractivity contribution in [1.82, 2.24) is 0 Å². The van der Waals surface area contributed by atoms with Gasteiger partial charge in [0.15, 0.2) is 0 Å². The lowest BCUT2D eigenvalue weighted by molar-refractivity contribution is 0.258. The molecule has 0 saturated carbocycles. The second-order valence-electron chi connectivity index (χ2n) is 6.04. The zero-order chi connectivity index (χ0) is 11.1. The topological polar surface area (TPSA) is 12.4 Å². The Balaban J connectivity index is 2.23. The van der Waals surface area contributed by atoms with Crippen LogP contribution in [0, 0.1) is 10.8 Å². The Morgan fingerprint density at radius 2 is 2.00 bits per heavy atom. The zero-order valence-corrected chi connectivity index (χ0v) is 10.4. The van der Waals surface area contributed by atoms with Crippen LogP contribution in [-0.4, -0.2) is 13.5 Å². The maximum absolute atomic E-state index is 4.66. The Hall–Kier alpha value is -0.525. The van der Waals surface area contributed by atoms with Crippen LogP contribution < -0.4 is 0 Å². The largest absolute Gasteiger partial charge is 0.266 e. The molecule has 1 atom stereocenters. The van der Waals surface area contributed by atoms with Crippen molar-refractivity contribution in [2.75, 3.05) is 0 Å². The molecule has 0 aromatic heterocycles. The smallest absolute Gasteiger partial charge is 0.121 e. The van der Waals surface area contributed by atoms with Gasteiger partial charge in [-0.05, 0) is 11.2 Å². The molecule has 0 spiro atoms. The summed E-state index contributed by atoms with van der Waals surface area (Å²) in [4.78, 5) is 4.66. The molecule has 0 aliphatic carbocycles. The van der Waals surface area contributed by atoms with Crippen LogP contribution in [0.1, 0.15) is 40.5 Å². The van der Waals surface area contributed by atoms with Crippen molar-refractivity contribution in [3.8, 4) is 0 Å². The van der Waals surface area contributed by atoms with Crippen molar-refractivity contribution >= 4 is 13.5 Å². The van der Waals surface area contributed by atoms with Gasteiger partial charge in [-0.25, -0.2) is 0 Å². The van der Waals surface area contributed by atoms with E-state index in [1.54, 1.807) is 0 Å². The Morgan fingerprint density at radius 1 is 1.27 bits per heavy atom. The van der Waals surface area contributed by atoms with E-state index in [0.717, 1.165) is 0 Å². The van der Waals surface area contributed by atoms with E-state index < -0.39 is 0 Å². The molecular formula is C13H21BN. The van der Waals surface area contributed by atoms with Crippen molar-refractivity contribution in [1.29, 1.82) is 0 Å². The summed E-state index contributed by atoms with van der Waals surface area (Å²) < 4.78 is 0. The SMILES string of the molecule is CC1(C)C=NC(C2[B]CCC2)=CC1(C)C. The van der Waals surface area contributed by atoms with Crippen molar-refractivity contribution in [2.24, 2.45) is 15.8 Å². The van der Waals surface area contributed by atoms with E-state index in [9.17, 15) is 0 Å². The number of rotatable bonds is 1. The maximum Gasteiger partial charge on any atom is 0.121 e. The number of hydrogen-bond donors (Lipinski definition) is 0. The lowest BCUT2D eigenvalue weighted by atomic mass is 9.61. The van der Waals surface area contributed by atoms with E-state index in [1.807, 2.05) is 0 Å². The molecule has 2 aliphatic rings. The van der Waals surface area contributed by atoms with Gasteiger partial charge < -0.3 is 0 Å². The van der Waals surface area contributed by atoms with Crippen molar-refractivity contribution < 1.29 is 0 Å². The van der Waals surface area contributed by atoms with Crippen molar-refractivity contribution in [3.05, 3.63) is 11.8 Å². The molecule has 0 aromatic carbocycles. The van der Waals surface area contributed by atoms with Gasteiger partial charge in [0.25, 0.3) is 0 Å². The maximum atomic E-state index is 4.66. The molecule has 1 radical (unpaired) electrons. The van der Waals surface area contributed by atoms with Crippen LogP contribution in [0.25, 0.3) is 0 Å². The molecule has 2 heteroatoms. The molecule has 1 fully saturated rings. The fraction of sp³-hybridized carbons (Fsp3) is 0.769. The molecule has 1 saturated heterocycles. The monoisotopic (exact) mass is 202 g/mol. The number of nitrogens with zero attached hydrogens (tertiary/aromatic N) is 1. The summed E-state index contributed by atoms with van der Waals surface area (Å²) in [6.07, 6.45) is 8.43. The molecule has 0 N–H and O–H groups in total. The lowest BCUT2D eigenvalue weighted by Crippen LogP contribution is -2.35. The summed E-state index contributed by atoms with van der Waals surface area (Å²) in [6.45, 7) is 9.16. The van der Waals surface area contributed by atoms with Crippen LogP contribution in [0.3, 0.4) is 0 Å². The first-order valence-corrected chi connectivity index (χ1v) is 6.04. The molecule has 0 bridgehead atoms. The standard InChI is InChI=1S/C13H21BN/c1-12(2)8-11(10-6-5-7-14-10)15-9-13(12,3)4/h8-10H,5-7H2,1-4H3. The Morgan fingerprint density at radius 3 is 2.53 bits per heavy atom. The number of hydrogen-bond acceptors (Lipinski definition) is 1. The van der Waals surface area contributed by atoms with E-state index in [2.05, 4.69) is 52.3 Å². The zero-order valence-electron chi connectivity index (χ0n) is 10.4. The van der Waals surface area contributed by atoms with Gasteiger partial charge in [-0.1, -0.05) is 52.9 Å². The van der Waals surface area contributed by atoms with Crippen LogP contribution in [-0.2, 0) is 0 Å². The molecule has 1 unspecified atom stereocenters. The minimum atomic E-state index is 0.176. The van der Waals surface area contributed by atoms with Crippen LogP contribution in [0.15, 0.2) is 16.8 Å². The van der Waals surface area contributed by atoms with E-state index in [4.69, 9.17) is 0 Å². The second kappa shape index (κ2) is 3.50. The highest BCUT2D eigenvalue weighted by molar-refractivity contribution is 6.39. The summed E-state index contributed by atoms with van der Waals surface area (Å²) in [5.41, 5.74) is 1.70. The van der Waals surface area contributed by atoms with Crippen LogP contribution in [0.4, 0.5) is 0 Å². The fourth-order valence-corrected chi connectivity index (χ4v) is 2.24. The van der Waals surface area contributed by atoms with Crippen molar-refractivity contribution in [3.63, 3.8) is 0 Å². The van der Waals surface area contributed by atoms with Crippen molar-refractivity contribution in [2.45, 2.75) is 52.7 Å². The molecule has 81 valence electrons. The van der Waals surface area contributed by atoms with Gasteiger partial charge in [0.1, 0.15) is 7.28 Å². The van der Waals surface area contributed by atoms with E-state index in [1.165, 1.54) is 24.9 Å².